The van der Waals surface area contributed by atoms with Crippen LogP contribution in [0, 0.1) is 6.92 Å². The SMILES string of the molecule is CCOC(=O)c1csc(/N=N/c2ccc(/N=N/c3ccc(/N=N/c4ccc(N5CCCC5)s4)cc3C)cc2)n1. The number of thiophene rings is 1. The van der Waals surface area contributed by atoms with Crippen molar-refractivity contribution in [2.75, 3.05) is 24.6 Å². The van der Waals surface area contributed by atoms with Crippen molar-refractivity contribution >= 4 is 66.5 Å². The van der Waals surface area contributed by atoms with E-state index < -0.39 is 5.97 Å². The van der Waals surface area contributed by atoms with Crippen LogP contribution < -0.4 is 4.90 Å². The van der Waals surface area contributed by atoms with Gasteiger partial charge in [0.25, 0.3) is 0 Å². The number of aromatic nitrogens is 1. The largest absolute Gasteiger partial charge is 0.461 e. The molecule has 198 valence electrons. The van der Waals surface area contributed by atoms with Crippen molar-refractivity contribution in [2.24, 2.45) is 30.7 Å². The maximum absolute atomic E-state index is 11.7. The molecule has 3 heterocycles. The van der Waals surface area contributed by atoms with E-state index in [2.05, 4.69) is 46.6 Å². The number of aryl methyl sites for hydroxylation is 1. The molecule has 0 unspecified atom stereocenters. The van der Waals surface area contributed by atoms with Crippen LogP contribution in [0.25, 0.3) is 0 Å². The van der Waals surface area contributed by atoms with Crippen LogP contribution in [0.3, 0.4) is 0 Å². The van der Waals surface area contributed by atoms with E-state index >= 15 is 0 Å². The Labute approximate surface area is 233 Å². The van der Waals surface area contributed by atoms with Gasteiger partial charge in [-0.15, -0.1) is 31.8 Å². The Hall–Kier alpha value is -4.16. The zero-order valence-corrected chi connectivity index (χ0v) is 23.2. The number of esters is 1. The van der Waals surface area contributed by atoms with Gasteiger partial charge in [0.1, 0.15) is 5.00 Å². The number of hydrogen-bond donors (Lipinski definition) is 0. The summed E-state index contributed by atoms with van der Waals surface area (Å²) in [5.74, 6) is -0.469. The molecule has 12 heteroatoms. The highest BCUT2D eigenvalue weighted by molar-refractivity contribution is 7.19. The summed E-state index contributed by atoms with van der Waals surface area (Å²) < 4.78 is 4.93. The molecule has 0 spiro atoms. The number of anilines is 1. The Morgan fingerprint density at radius 3 is 2.31 bits per heavy atom. The van der Waals surface area contributed by atoms with E-state index in [-0.39, 0.29) is 5.69 Å². The Balaban J connectivity index is 1.17. The molecule has 0 saturated carbocycles. The van der Waals surface area contributed by atoms with Gasteiger partial charge in [-0.25, -0.2) is 9.78 Å². The van der Waals surface area contributed by atoms with Crippen LogP contribution in [0.1, 0.15) is 35.8 Å². The number of thiazole rings is 1. The molecule has 4 aromatic rings. The summed E-state index contributed by atoms with van der Waals surface area (Å²) in [5.41, 5.74) is 4.02. The standard InChI is InChI=1S/C27H26N8O2S2/c1-3-37-26(36)23-17-38-27(28-23)34-30-20-8-6-19(7-9-20)29-32-22-11-10-21(16-18(22)2)31-33-24-12-13-25(39-24)35-14-4-5-15-35/h6-13,16-17H,3-5,14-15H2,1-2H3/b32-29+,33-31+,34-30+. The summed E-state index contributed by atoms with van der Waals surface area (Å²) in [5, 5.41) is 29.9. The van der Waals surface area contributed by atoms with Crippen molar-refractivity contribution in [3.05, 3.63) is 71.2 Å². The van der Waals surface area contributed by atoms with E-state index in [9.17, 15) is 4.79 Å². The van der Waals surface area contributed by atoms with Gasteiger partial charge in [-0.05, 0) is 86.8 Å². The fourth-order valence-corrected chi connectivity index (χ4v) is 5.29. The molecule has 0 amide bonds. The Kier molecular flexibility index (Phi) is 8.54. The summed E-state index contributed by atoms with van der Waals surface area (Å²) in [6.07, 6.45) is 2.51. The Morgan fingerprint density at radius 2 is 1.59 bits per heavy atom. The minimum Gasteiger partial charge on any atom is -0.461 e. The number of benzene rings is 2. The monoisotopic (exact) mass is 558 g/mol. The lowest BCUT2D eigenvalue weighted by atomic mass is 10.2. The molecule has 1 aliphatic heterocycles. The van der Waals surface area contributed by atoms with E-state index in [0.717, 1.165) is 35.0 Å². The molecular weight excluding hydrogens is 532 g/mol. The number of ether oxygens (including phenoxy) is 1. The second kappa shape index (κ2) is 12.6. The van der Waals surface area contributed by atoms with Gasteiger partial charge in [-0.3, -0.25) is 0 Å². The van der Waals surface area contributed by atoms with Gasteiger partial charge in [-0.2, -0.15) is 10.2 Å². The highest BCUT2D eigenvalue weighted by Gasteiger charge is 2.14. The highest BCUT2D eigenvalue weighted by Crippen LogP contribution is 2.35. The molecule has 0 radical (unpaired) electrons. The third kappa shape index (κ3) is 7.03. The van der Waals surface area contributed by atoms with Gasteiger partial charge in [0.2, 0.25) is 5.13 Å². The van der Waals surface area contributed by atoms with Crippen molar-refractivity contribution in [3.8, 4) is 0 Å². The van der Waals surface area contributed by atoms with E-state index in [0.29, 0.717) is 23.1 Å². The van der Waals surface area contributed by atoms with Crippen molar-refractivity contribution in [1.82, 2.24) is 4.98 Å². The van der Waals surface area contributed by atoms with Gasteiger partial charge in [0.15, 0.2) is 5.69 Å². The van der Waals surface area contributed by atoms with Crippen LogP contribution in [0.5, 0.6) is 0 Å². The second-order valence-electron chi connectivity index (χ2n) is 8.63. The number of azo groups is 3. The van der Waals surface area contributed by atoms with Gasteiger partial charge in [-0.1, -0.05) is 11.3 Å². The molecular formula is C27H26N8O2S2. The Bertz CT molecular complexity index is 1520. The lowest BCUT2D eigenvalue weighted by Gasteiger charge is -2.13. The van der Waals surface area contributed by atoms with Gasteiger partial charge in [0.05, 0.1) is 34.4 Å². The maximum Gasteiger partial charge on any atom is 0.357 e. The molecule has 2 aromatic carbocycles. The highest BCUT2D eigenvalue weighted by atomic mass is 32.1. The first-order valence-electron chi connectivity index (χ1n) is 12.5. The molecule has 0 aliphatic carbocycles. The minimum absolute atomic E-state index is 0.229. The number of rotatable bonds is 9. The zero-order chi connectivity index (χ0) is 27.0. The van der Waals surface area contributed by atoms with Crippen molar-refractivity contribution in [1.29, 1.82) is 0 Å². The summed E-state index contributed by atoms with van der Waals surface area (Å²) >= 11 is 2.89. The molecule has 10 nitrogen and oxygen atoms in total. The lowest BCUT2D eigenvalue weighted by molar-refractivity contribution is 0.0520. The van der Waals surface area contributed by atoms with Crippen LogP contribution in [0.15, 0.2) is 90.7 Å². The summed E-state index contributed by atoms with van der Waals surface area (Å²) in [4.78, 5) is 18.2. The van der Waals surface area contributed by atoms with Crippen LogP contribution >= 0.6 is 22.7 Å². The molecule has 0 bridgehead atoms. The predicted molar refractivity (Wildman–Crippen MR) is 154 cm³/mol. The average Bonchev–Trinajstić information content (AvgIpc) is 3.73. The minimum atomic E-state index is -0.469. The van der Waals surface area contributed by atoms with Crippen LogP contribution in [-0.4, -0.2) is 30.6 Å². The van der Waals surface area contributed by atoms with Crippen LogP contribution in [-0.2, 0) is 4.74 Å². The summed E-state index contributed by atoms with van der Waals surface area (Å²) in [6, 6.07) is 17.0. The van der Waals surface area contributed by atoms with Gasteiger partial charge >= 0.3 is 5.97 Å². The average molecular weight is 559 g/mol. The first-order valence-corrected chi connectivity index (χ1v) is 14.2. The molecule has 0 N–H and O–H groups in total. The fourth-order valence-electron chi connectivity index (χ4n) is 3.81. The normalized spacial score (nSPS) is 13.8. The van der Waals surface area contributed by atoms with E-state index in [1.54, 1.807) is 47.9 Å². The lowest BCUT2D eigenvalue weighted by Crippen LogP contribution is -2.15. The molecule has 39 heavy (non-hydrogen) atoms. The summed E-state index contributed by atoms with van der Waals surface area (Å²) in [7, 11) is 0. The van der Waals surface area contributed by atoms with Gasteiger partial charge < -0.3 is 9.64 Å². The van der Waals surface area contributed by atoms with Crippen molar-refractivity contribution in [3.63, 3.8) is 0 Å². The van der Waals surface area contributed by atoms with E-state index in [4.69, 9.17) is 4.74 Å². The molecule has 0 atom stereocenters. The second-order valence-corrected chi connectivity index (χ2v) is 10.5. The predicted octanol–water partition coefficient (Wildman–Crippen LogP) is 9.54. The maximum atomic E-state index is 11.7. The zero-order valence-electron chi connectivity index (χ0n) is 21.5. The first kappa shape index (κ1) is 26.4. The molecule has 1 aliphatic rings. The fraction of sp³-hybridized carbons (Fsp3) is 0.259. The number of carbonyl (C=O) groups excluding carboxylic acids is 1. The molecule has 5 rings (SSSR count). The third-order valence-corrected chi connectivity index (χ3v) is 7.55. The third-order valence-electron chi connectivity index (χ3n) is 5.79. The number of hydrogen-bond acceptors (Lipinski definition) is 12. The summed E-state index contributed by atoms with van der Waals surface area (Å²) in [6.45, 7) is 6.25. The van der Waals surface area contributed by atoms with E-state index in [1.807, 2.05) is 31.2 Å². The number of carbonyl (C=O) groups is 1. The quantitative estimate of drug-likeness (QED) is 0.150. The molecule has 1 fully saturated rings. The van der Waals surface area contributed by atoms with Gasteiger partial charge in [0, 0.05) is 18.5 Å². The molecule has 2 aromatic heterocycles. The first-order chi connectivity index (χ1) is 19.1. The topological polar surface area (TPSA) is 117 Å². The number of nitrogens with zero attached hydrogens (tertiary/aromatic N) is 8. The van der Waals surface area contributed by atoms with Crippen LogP contribution in [0.2, 0.25) is 0 Å². The van der Waals surface area contributed by atoms with E-state index in [1.165, 1.54) is 29.2 Å². The molecule has 1 saturated heterocycles. The van der Waals surface area contributed by atoms with Crippen LogP contribution in [0.4, 0.5) is 37.9 Å². The Morgan fingerprint density at radius 1 is 0.897 bits per heavy atom. The van der Waals surface area contributed by atoms with Crippen molar-refractivity contribution in [2.45, 2.75) is 26.7 Å². The van der Waals surface area contributed by atoms with Crippen molar-refractivity contribution < 1.29 is 9.53 Å². The smallest absolute Gasteiger partial charge is 0.357 e.